The highest BCUT2D eigenvalue weighted by molar-refractivity contribution is 7.89. The Balaban J connectivity index is 1.44. The van der Waals surface area contributed by atoms with Crippen molar-refractivity contribution in [3.63, 3.8) is 0 Å². The van der Waals surface area contributed by atoms with E-state index in [-0.39, 0.29) is 42.4 Å². The molecule has 0 spiro atoms. The zero-order valence-corrected chi connectivity index (χ0v) is 18.7. The SMILES string of the molecule is C[C@H]1CN(S(=O)(=O)c2cccc(C(=O)OCc3coc(-c4cccs4)n3)c2)C[C@H](C)O1. The van der Waals surface area contributed by atoms with E-state index in [4.69, 9.17) is 13.9 Å². The zero-order valence-electron chi connectivity index (χ0n) is 17.1. The number of hydrogen-bond donors (Lipinski definition) is 0. The van der Waals surface area contributed by atoms with Gasteiger partial charge in [-0.25, -0.2) is 18.2 Å². The molecule has 0 bridgehead atoms. The van der Waals surface area contributed by atoms with Gasteiger partial charge in [-0.2, -0.15) is 4.31 Å². The summed E-state index contributed by atoms with van der Waals surface area (Å²) in [6.45, 7) is 4.11. The number of rotatable bonds is 6. The van der Waals surface area contributed by atoms with Crippen LogP contribution in [0.3, 0.4) is 0 Å². The third kappa shape index (κ3) is 4.87. The Bertz CT molecular complexity index is 1150. The molecule has 2 atom stereocenters. The predicted molar refractivity (Wildman–Crippen MR) is 114 cm³/mol. The minimum Gasteiger partial charge on any atom is -0.455 e. The molecule has 1 aliphatic heterocycles. The predicted octanol–water partition coefficient (Wildman–Crippen LogP) is 3.56. The summed E-state index contributed by atoms with van der Waals surface area (Å²) in [5.41, 5.74) is 0.620. The summed E-state index contributed by atoms with van der Waals surface area (Å²) in [4.78, 5) is 17.7. The summed E-state index contributed by atoms with van der Waals surface area (Å²) in [5.74, 6) is -0.176. The van der Waals surface area contributed by atoms with Crippen LogP contribution in [0.15, 0.2) is 57.4 Å². The van der Waals surface area contributed by atoms with Crippen molar-refractivity contribution in [2.75, 3.05) is 13.1 Å². The fourth-order valence-electron chi connectivity index (χ4n) is 3.37. The van der Waals surface area contributed by atoms with Crippen molar-refractivity contribution in [2.45, 2.75) is 37.6 Å². The maximum absolute atomic E-state index is 13.0. The Hall–Kier alpha value is -2.53. The first-order valence-corrected chi connectivity index (χ1v) is 12.1. The second-order valence-corrected chi connectivity index (χ2v) is 10.2. The topological polar surface area (TPSA) is 98.9 Å². The van der Waals surface area contributed by atoms with Crippen LogP contribution >= 0.6 is 11.3 Å². The van der Waals surface area contributed by atoms with E-state index >= 15 is 0 Å². The van der Waals surface area contributed by atoms with Crippen molar-refractivity contribution in [1.29, 1.82) is 0 Å². The highest BCUT2D eigenvalue weighted by atomic mass is 32.2. The van der Waals surface area contributed by atoms with Crippen LogP contribution in [0.25, 0.3) is 10.8 Å². The van der Waals surface area contributed by atoms with E-state index in [1.54, 1.807) is 0 Å². The third-order valence-electron chi connectivity index (χ3n) is 4.73. The molecule has 0 saturated carbocycles. The van der Waals surface area contributed by atoms with Crippen LogP contribution in [0.1, 0.15) is 29.9 Å². The first-order valence-electron chi connectivity index (χ1n) is 9.74. The number of aromatic nitrogens is 1. The Labute approximate surface area is 184 Å². The minimum atomic E-state index is -3.75. The molecule has 10 heteroatoms. The van der Waals surface area contributed by atoms with Crippen molar-refractivity contribution >= 4 is 27.3 Å². The van der Waals surface area contributed by atoms with Gasteiger partial charge in [0.25, 0.3) is 0 Å². The number of carbonyl (C=O) groups excluding carboxylic acids is 1. The first kappa shape index (κ1) is 21.7. The molecule has 3 aromatic rings. The van der Waals surface area contributed by atoms with Gasteiger partial charge in [0.05, 0.1) is 27.5 Å². The van der Waals surface area contributed by atoms with Gasteiger partial charge in [0, 0.05) is 13.1 Å². The van der Waals surface area contributed by atoms with E-state index in [1.807, 2.05) is 31.4 Å². The maximum atomic E-state index is 13.0. The second kappa shape index (κ2) is 8.91. The standard InChI is InChI=1S/C21H22N2O6S2/c1-14-10-23(11-15(2)29-14)31(25,26)18-6-3-5-16(9-18)21(24)28-13-17-12-27-20(22-17)19-7-4-8-30-19/h3-9,12,14-15H,10-11,13H2,1-2H3/t14-,15-/m0/s1. The summed E-state index contributed by atoms with van der Waals surface area (Å²) in [6.07, 6.45) is 1.03. The minimum absolute atomic E-state index is 0.0460. The van der Waals surface area contributed by atoms with Gasteiger partial charge in [-0.1, -0.05) is 12.1 Å². The molecule has 1 fully saturated rings. The molecule has 3 heterocycles. The lowest BCUT2D eigenvalue weighted by molar-refractivity contribution is -0.0440. The molecule has 2 aromatic heterocycles. The van der Waals surface area contributed by atoms with Crippen molar-refractivity contribution in [1.82, 2.24) is 9.29 Å². The van der Waals surface area contributed by atoms with Gasteiger partial charge in [0.1, 0.15) is 18.6 Å². The van der Waals surface area contributed by atoms with E-state index in [1.165, 1.54) is 46.2 Å². The van der Waals surface area contributed by atoms with E-state index < -0.39 is 16.0 Å². The molecule has 8 nitrogen and oxygen atoms in total. The number of sulfonamides is 1. The van der Waals surface area contributed by atoms with E-state index in [2.05, 4.69) is 4.98 Å². The number of thiophene rings is 1. The number of carbonyl (C=O) groups is 1. The highest BCUT2D eigenvalue weighted by Gasteiger charge is 2.32. The summed E-state index contributed by atoms with van der Waals surface area (Å²) in [7, 11) is -3.75. The molecule has 0 aliphatic carbocycles. The average Bonchev–Trinajstić information content (AvgIpc) is 3.43. The molecule has 0 N–H and O–H groups in total. The largest absolute Gasteiger partial charge is 0.455 e. The zero-order chi connectivity index (χ0) is 22.0. The number of morpholine rings is 1. The average molecular weight is 463 g/mol. The van der Waals surface area contributed by atoms with Crippen LogP contribution in [0, 0.1) is 0 Å². The van der Waals surface area contributed by atoms with E-state index in [9.17, 15) is 13.2 Å². The van der Waals surface area contributed by atoms with Crippen molar-refractivity contribution in [3.8, 4) is 10.8 Å². The van der Waals surface area contributed by atoms with Gasteiger partial charge in [-0.15, -0.1) is 11.3 Å². The molecule has 0 radical (unpaired) electrons. The molecule has 31 heavy (non-hydrogen) atoms. The van der Waals surface area contributed by atoms with Crippen molar-refractivity contribution in [3.05, 3.63) is 59.3 Å². The molecule has 1 aliphatic rings. The molecule has 0 amide bonds. The smallest absolute Gasteiger partial charge is 0.338 e. The van der Waals surface area contributed by atoms with Gasteiger partial charge >= 0.3 is 5.97 Å². The molecule has 164 valence electrons. The van der Waals surface area contributed by atoms with Crippen LogP contribution in [0.4, 0.5) is 0 Å². The summed E-state index contributed by atoms with van der Waals surface area (Å²) >= 11 is 1.49. The maximum Gasteiger partial charge on any atom is 0.338 e. The molecular weight excluding hydrogens is 440 g/mol. The number of ether oxygens (including phenoxy) is 2. The second-order valence-electron chi connectivity index (χ2n) is 7.30. The van der Waals surface area contributed by atoms with Crippen molar-refractivity contribution in [2.24, 2.45) is 0 Å². The Morgan fingerprint density at radius 2 is 2.00 bits per heavy atom. The number of hydrogen-bond acceptors (Lipinski definition) is 8. The highest BCUT2D eigenvalue weighted by Crippen LogP contribution is 2.25. The lowest BCUT2D eigenvalue weighted by atomic mass is 10.2. The van der Waals surface area contributed by atoms with Gasteiger partial charge < -0.3 is 13.9 Å². The van der Waals surface area contributed by atoms with Gasteiger partial charge in [-0.3, -0.25) is 0 Å². The molecular formula is C21H22N2O6S2. The van der Waals surface area contributed by atoms with Crippen LogP contribution in [-0.4, -0.2) is 49.0 Å². The number of nitrogens with zero attached hydrogens (tertiary/aromatic N) is 2. The van der Waals surface area contributed by atoms with E-state index in [0.29, 0.717) is 11.6 Å². The van der Waals surface area contributed by atoms with E-state index in [0.717, 1.165) is 4.88 Å². The Morgan fingerprint density at radius 3 is 2.71 bits per heavy atom. The van der Waals surface area contributed by atoms with Crippen LogP contribution < -0.4 is 0 Å². The fraction of sp³-hybridized carbons (Fsp3) is 0.333. The summed E-state index contributed by atoms with van der Waals surface area (Å²) in [6, 6.07) is 9.63. The van der Waals surface area contributed by atoms with Gasteiger partial charge in [0.2, 0.25) is 15.9 Å². The van der Waals surface area contributed by atoms with Gasteiger partial charge in [0.15, 0.2) is 0 Å². The molecule has 4 rings (SSSR count). The number of oxazole rings is 1. The van der Waals surface area contributed by atoms with Crippen molar-refractivity contribution < 1.29 is 27.1 Å². The third-order valence-corrected chi connectivity index (χ3v) is 7.41. The van der Waals surface area contributed by atoms with Crippen LogP contribution in [0.2, 0.25) is 0 Å². The summed E-state index contributed by atoms with van der Waals surface area (Å²) < 4.78 is 43.8. The number of esters is 1. The summed E-state index contributed by atoms with van der Waals surface area (Å²) in [5, 5.41) is 1.92. The molecule has 1 saturated heterocycles. The van der Waals surface area contributed by atoms with Gasteiger partial charge in [-0.05, 0) is 43.5 Å². The number of benzene rings is 1. The molecule has 1 aromatic carbocycles. The first-order chi connectivity index (χ1) is 14.8. The lowest BCUT2D eigenvalue weighted by Crippen LogP contribution is -2.48. The Morgan fingerprint density at radius 1 is 1.23 bits per heavy atom. The monoisotopic (exact) mass is 462 g/mol. The molecule has 0 unspecified atom stereocenters. The lowest BCUT2D eigenvalue weighted by Gasteiger charge is -2.34. The van der Waals surface area contributed by atoms with Crippen LogP contribution in [0.5, 0.6) is 0 Å². The quantitative estimate of drug-likeness (QED) is 0.517. The van der Waals surface area contributed by atoms with Crippen LogP contribution in [-0.2, 0) is 26.1 Å². The normalized spacial score (nSPS) is 19.9. The fourth-order valence-corrected chi connectivity index (χ4v) is 5.66. The Kier molecular flexibility index (Phi) is 6.24.